The first-order valence-corrected chi connectivity index (χ1v) is 8.87. The predicted molar refractivity (Wildman–Crippen MR) is 102 cm³/mol. The molecule has 1 amide bonds. The van der Waals surface area contributed by atoms with E-state index in [0.717, 1.165) is 17.8 Å². The third-order valence-electron chi connectivity index (χ3n) is 4.74. The first kappa shape index (κ1) is 18.8. The van der Waals surface area contributed by atoms with Gasteiger partial charge in [0.25, 0.3) is 0 Å². The van der Waals surface area contributed by atoms with E-state index in [9.17, 15) is 9.59 Å². The van der Waals surface area contributed by atoms with E-state index in [0.29, 0.717) is 30.9 Å². The summed E-state index contributed by atoms with van der Waals surface area (Å²) in [5, 5.41) is 0. The number of anilines is 1. The van der Waals surface area contributed by atoms with Gasteiger partial charge in [-0.2, -0.15) is 0 Å². The number of rotatable bonds is 9. The van der Waals surface area contributed by atoms with Gasteiger partial charge in [-0.15, -0.1) is 0 Å². The van der Waals surface area contributed by atoms with Gasteiger partial charge in [0.2, 0.25) is 5.91 Å². The minimum absolute atomic E-state index is 0.0262. The van der Waals surface area contributed by atoms with Crippen molar-refractivity contribution in [2.75, 3.05) is 25.7 Å². The van der Waals surface area contributed by atoms with Gasteiger partial charge in [-0.25, -0.2) is 0 Å². The van der Waals surface area contributed by atoms with Crippen LogP contribution in [0.3, 0.4) is 0 Å². The van der Waals surface area contributed by atoms with Crippen molar-refractivity contribution in [2.24, 2.45) is 5.92 Å². The molecule has 0 bridgehead atoms. The number of hydrogen-bond donors (Lipinski definition) is 0. The molecule has 1 saturated heterocycles. The van der Waals surface area contributed by atoms with Gasteiger partial charge >= 0.3 is 0 Å². The van der Waals surface area contributed by atoms with Gasteiger partial charge in [0.05, 0.1) is 26.7 Å². The molecule has 3 rings (SSSR count). The molecule has 1 aliphatic heterocycles. The van der Waals surface area contributed by atoms with Gasteiger partial charge in [-0.3, -0.25) is 4.79 Å². The fourth-order valence-corrected chi connectivity index (χ4v) is 3.23. The van der Waals surface area contributed by atoms with Crippen molar-refractivity contribution in [3.05, 3.63) is 48.5 Å². The summed E-state index contributed by atoms with van der Waals surface area (Å²) in [6.07, 6.45) is 2.16. The standard InChI is InChI=1S/C21H23NO5/c1-25-16-7-5-15(6-8-16)22-20(14-23)19(21(22)24)4-3-13-27-18-11-9-17(26-2)10-12-18/h5-12,14,19-20H,3-4,13H2,1-2H3/t19-,20-/m0/s1. The van der Waals surface area contributed by atoms with Crippen molar-refractivity contribution >= 4 is 17.9 Å². The van der Waals surface area contributed by atoms with E-state index in [1.807, 2.05) is 24.3 Å². The van der Waals surface area contributed by atoms with Crippen molar-refractivity contribution in [2.45, 2.75) is 18.9 Å². The Hall–Kier alpha value is -3.02. The quantitative estimate of drug-likeness (QED) is 0.386. The minimum Gasteiger partial charge on any atom is -0.497 e. The van der Waals surface area contributed by atoms with Gasteiger partial charge in [-0.05, 0) is 61.4 Å². The molecule has 0 unspecified atom stereocenters. The molecule has 0 aromatic heterocycles. The second-order valence-electron chi connectivity index (χ2n) is 6.31. The number of β-lactam (4-membered cyclic amide) rings is 1. The van der Waals surface area contributed by atoms with Crippen molar-refractivity contribution in [1.29, 1.82) is 0 Å². The van der Waals surface area contributed by atoms with Crippen LogP contribution in [0, 0.1) is 5.92 Å². The number of methoxy groups -OCH3 is 2. The highest BCUT2D eigenvalue weighted by Gasteiger charge is 2.47. The van der Waals surface area contributed by atoms with E-state index in [4.69, 9.17) is 14.2 Å². The number of aldehydes is 1. The number of carbonyl (C=O) groups is 2. The summed E-state index contributed by atoms with van der Waals surface area (Å²) in [5.74, 6) is 1.92. The molecule has 6 heteroatoms. The molecule has 0 saturated carbocycles. The van der Waals surface area contributed by atoms with E-state index < -0.39 is 6.04 Å². The minimum atomic E-state index is -0.424. The number of benzene rings is 2. The lowest BCUT2D eigenvalue weighted by Gasteiger charge is -2.44. The largest absolute Gasteiger partial charge is 0.497 e. The molecule has 0 spiro atoms. The van der Waals surface area contributed by atoms with Crippen LogP contribution in [0.5, 0.6) is 17.2 Å². The van der Waals surface area contributed by atoms with Crippen LogP contribution in [0.25, 0.3) is 0 Å². The zero-order valence-corrected chi connectivity index (χ0v) is 15.5. The Morgan fingerprint density at radius 1 is 0.926 bits per heavy atom. The maximum absolute atomic E-state index is 12.5. The number of nitrogens with zero attached hydrogens (tertiary/aromatic N) is 1. The molecular weight excluding hydrogens is 346 g/mol. The maximum Gasteiger partial charge on any atom is 0.233 e. The van der Waals surface area contributed by atoms with Crippen LogP contribution in [0.2, 0.25) is 0 Å². The zero-order valence-electron chi connectivity index (χ0n) is 15.5. The fraction of sp³-hybridized carbons (Fsp3) is 0.333. The molecule has 1 aliphatic rings. The van der Waals surface area contributed by atoms with Gasteiger partial charge in [0.15, 0.2) is 0 Å². The third-order valence-corrected chi connectivity index (χ3v) is 4.74. The van der Waals surface area contributed by atoms with Crippen LogP contribution >= 0.6 is 0 Å². The second kappa shape index (κ2) is 8.58. The Labute approximate surface area is 158 Å². The molecule has 1 heterocycles. The summed E-state index contributed by atoms with van der Waals surface area (Å²) < 4.78 is 15.9. The Balaban J connectivity index is 1.50. The highest BCUT2D eigenvalue weighted by atomic mass is 16.5. The molecule has 1 fully saturated rings. The van der Waals surface area contributed by atoms with Gasteiger partial charge in [0, 0.05) is 5.69 Å². The lowest BCUT2D eigenvalue weighted by molar-refractivity contribution is -0.134. The SMILES string of the molecule is COc1ccc(OCCC[C@@H]2C(=O)N(c3ccc(OC)cc3)[C@H]2C=O)cc1. The van der Waals surface area contributed by atoms with Crippen LogP contribution in [0.4, 0.5) is 5.69 Å². The molecule has 27 heavy (non-hydrogen) atoms. The van der Waals surface area contributed by atoms with Crippen molar-refractivity contribution in [1.82, 2.24) is 0 Å². The Morgan fingerprint density at radius 2 is 1.48 bits per heavy atom. The fourth-order valence-electron chi connectivity index (χ4n) is 3.23. The monoisotopic (exact) mass is 369 g/mol. The highest BCUT2D eigenvalue weighted by molar-refractivity contribution is 6.08. The average molecular weight is 369 g/mol. The molecule has 2 aromatic rings. The topological polar surface area (TPSA) is 65.1 Å². The molecule has 0 N–H and O–H groups in total. The normalized spacial score (nSPS) is 18.6. The maximum atomic E-state index is 12.5. The third kappa shape index (κ3) is 4.05. The van der Waals surface area contributed by atoms with Crippen LogP contribution < -0.4 is 19.1 Å². The molecule has 2 atom stereocenters. The van der Waals surface area contributed by atoms with Gasteiger partial charge in [0.1, 0.15) is 29.6 Å². The molecule has 0 radical (unpaired) electrons. The first-order valence-electron chi connectivity index (χ1n) is 8.87. The smallest absolute Gasteiger partial charge is 0.233 e. The Bertz CT molecular complexity index is 772. The summed E-state index contributed by atoms with van der Waals surface area (Å²) >= 11 is 0. The van der Waals surface area contributed by atoms with Crippen molar-refractivity contribution in [3.8, 4) is 17.2 Å². The van der Waals surface area contributed by atoms with Crippen LogP contribution in [0.1, 0.15) is 12.8 Å². The number of hydrogen-bond acceptors (Lipinski definition) is 5. The summed E-state index contributed by atoms with van der Waals surface area (Å²) in [5.41, 5.74) is 0.712. The molecule has 142 valence electrons. The molecule has 6 nitrogen and oxygen atoms in total. The van der Waals surface area contributed by atoms with E-state index in [2.05, 4.69) is 0 Å². The lowest BCUT2D eigenvalue weighted by Crippen LogP contribution is -2.62. The van der Waals surface area contributed by atoms with Crippen LogP contribution in [-0.4, -0.2) is 39.1 Å². The molecule has 2 aromatic carbocycles. The van der Waals surface area contributed by atoms with Crippen molar-refractivity contribution in [3.63, 3.8) is 0 Å². The number of ether oxygens (including phenoxy) is 3. The Morgan fingerprint density at radius 3 is 2.04 bits per heavy atom. The van der Waals surface area contributed by atoms with Crippen LogP contribution in [0.15, 0.2) is 48.5 Å². The zero-order chi connectivity index (χ0) is 19.2. The van der Waals surface area contributed by atoms with Gasteiger partial charge < -0.3 is 23.9 Å². The summed E-state index contributed by atoms with van der Waals surface area (Å²) in [6.45, 7) is 0.490. The number of amides is 1. The van der Waals surface area contributed by atoms with E-state index >= 15 is 0 Å². The first-order chi connectivity index (χ1) is 13.2. The van der Waals surface area contributed by atoms with E-state index in [-0.39, 0.29) is 11.8 Å². The van der Waals surface area contributed by atoms with Crippen molar-refractivity contribution < 1.29 is 23.8 Å². The van der Waals surface area contributed by atoms with Gasteiger partial charge in [-0.1, -0.05) is 0 Å². The summed E-state index contributed by atoms with van der Waals surface area (Å²) in [4.78, 5) is 25.5. The van der Waals surface area contributed by atoms with E-state index in [1.165, 1.54) is 0 Å². The summed E-state index contributed by atoms with van der Waals surface area (Å²) in [6, 6.07) is 14.1. The lowest BCUT2D eigenvalue weighted by atomic mass is 9.84. The molecular formula is C21H23NO5. The second-order valence-corrected chi connectivity index (χ2v) is 6.31. The van der Waals surface area contributed by atoms with E-state index in [1.54, 1.807) is 43.4 Å². The predicted octanol–water partition coefficient (Wildman–Crippen LogP) is 3.09. The molecule has 0 aliphatic carbocycles. The average Bonchev–Trinajstić information content (AvgIpc) is 2.72. The Kier molecular flexibility index (Phi) is 5.96. The highest BCUT2D eigenvalue weighted by Crippen LogP contribution is 2.35. The number of carbonyl (C=O) groups excluding carboxylic acids is 2. The summed E-state index contributed by atoms with van der Waals surface area (Å²) in [7, 11) is 3.20. The van der Waals surface area contributed by atoms with Crippen LogP contribution in [-0.2, 0) is 9.59 Å².